The third-order valence-corrected chi connectivity index (χ3v) is 5.12. The van der Waals surface area contributed by atoms with Crippen molar-refractivity contribution in [2.75, 3.05) is 6.61 Å². The summed E-state index contributed by atoms with van der Waals surface area (Å²) in [7, 11) is 1.94. The lowest BCUT2D eigenvalue weighted by atomic mass is 9.98. The Kier molecular flexibility index (Phi) is 4.55. The van der Waals surface area contributed by atoms with Crippen LogP contribution in [0.2, 0.25) is 0 Å². The van der Waals surface area contributed by atoms with Gasteiger partial charge in [-0.1, -0.05) is 0 Å². The number of thiophene rings is 1. The molecule has 0 radical (unpaired) electrons. The minimum Gasteiger partial charge on any atom is -0.372 e. The normalized spacial score (nSPS) is 23.1. The zero-order chi connectivity index (χ0) is 13.9. The first kappa shape index (κ1) is 14.3. The summed E-state index contributed by atoms with van der Waals surface area (Å²) in [5.41, 5.74) is 2.48. The molecule has 108 valence electrons. The zero-order valence-corrected chi connectivity index (χ0v) is 13.8. The van der Waals surface area contributed by atoms with E-state index in [2.05, 4.69) is 37.8 Å². The van der Waals surface area contributed by atoms with Gasteiger partial charge in [0.05, 0.1) is 9.98 Å². The SMILES string of the molecule is Cn1cc([C@H]2OCCC[C@@H]2NCc2csc(Br)c2)cn1. The van der Waals surface area contributed by atoms with Crippen LogP contribution in [0.4, 0.5) is 0 Å². The summed E-state index contributed by atoms with van der Waals surface area (Å²) >= 11 is 5.23. The summed E-state index contributed by atoms with van der Waals surface area (Å²) in [6, 6.07) is 2.52. The molecule has 2 aromatic rings. The van der Waals surface area contributed by atoms with Crippen molar-refractivity contribution in [3.63, 3.8) is 0 Å². The molecule has 2 aromatic heterocycles. The highest BCUT2D eigenvalue weighted by atomic mass is 79.9. The Bertz CT molecular complexity index is 568. The first-order valence-corrected chi connectivity index (χ1v) is 8.46. The van der Waals surface area contributed by atoms with Crippen molar-refractivity contribution in [1.82, 2.24) is 15.1 Å². The molecule has 0 amide bonds. The molecule has 1 saturated heterocycles. The van der Waals surface area contributed by atoms with Gasteiger partial charge in [0.25, 0.3) is 0 Å². The molecule has 1 N–H and O–H groups in total. The Morgan fingerprint density at radius 1 is 1.60 bits per heavy atom. The Hall–Kier alpha value is -0.690. The second kappa shape index (κ2) is 6.39. The Morgan fingerprint density at radius 2 is 2.50 bits per heavy atom. The highest BCUT2D eigenvalue weighted by Gasteiger charge is 2.28. The fourth-order valence-electron chi connectivity index (χ4n) is 2.59. The molecular weight excluding hydrogens is 338 g/mol. The first-order chi connectivity index (χ1) is 9.72. The number of aryl methyl sites for hydroxylation is 1. The van der Waals surface area contributed by atoms with E-state index in [-0.39, 0.29) is 6.10 Å². The summed E-state index contributed by atoms with van der Waals surface area (Å²) in [6.07, 6.45) is 6.32. The number of nitrogens with one attached hydrogen (secondary N) is 1. The van der Waals surface area contributed by atoms with E-state index in [4.69, 9.17) is 4.74 Å². The second-order valence-electron chi connectivity index (χ2n) is 5.13. The number of rotatable bonds is 4. The number of halogens is 1. The van der Waals surface area contributed by atoms with Crippen LogP contribution in [0.25, 0.3) is 0 Å². The van der Waals surface area contributed by atoms with Crippen molar-refractivity contribution in [2.45, 2.75) is 31.5 Å². The zero-order valence-electron chi connectivity index (χ0n) is 11.4. The highest BCUT2D eigenvalue weighted by molar-refractivity contribution is 9.11. The van der Waals surface area contributed by atoms with Gasteiger partial charge in [0.1, 0.15) is 6.10 Å². The van der Waals surface area contributed by atoms with E-state index in [1.54, 1.807) is 11.3 Å². The number of nitrogens with zero attached hydrogens (tertiary/aromatic N) is 2. The van der Waals surface area contributed by atoms with Crippen LogP contribution in [-0.2, 0) is 18.3 Å². The number of aromatic nitrogens is 2. The summed E-state index contributed by atoms with van der Waals surface area (Å²) < 4.78 is 8.97. The topological polar surface area (TPSA) is 39.1 Å². The second-order valence-corrected chi connectivity index (χ2v) is 7.42. The van der Waals surface area contributed by atoms with Crippen molar-refractivity contribution in [2.24, 2.45) is 7.05 Å². The van der Waals surface area contributed by atoms with Gasteiger partial charge < -0.3 is 10.1 Å². The summed E-state index contributed by atoms with van der Waals surface area (Å²) in [6.45, 7) is 1.72. The van der Waals surface area contributed by atoms with Gasteiger partial charge in [-0.25, -0.2) is 0 Å². The molecule has 1 aliphatic rings. The first-order valence-electron chi connectivity index (χ1n) is 6.79. The maximum absolute atomic E-state index is 5.96. The van der Waals surface area contributed by atoms with E-state index in [1.807, 2.05) is 24.1 Å². The Morgan fingerprint density at radius 3 is 3.20 bits per heavy atom. The third kappa shape index (κ3) is 3.31. The summed E-state index contributed by atoms with van der Waals surface area (Å²) in [5.74, 6) is 0. The van der Waals surface area contributed by atoms with Gasteiger partial charge in [-0.15, -0.1) is 11.3 Å². The molecule has 0 bridgehead atoms. The van der Waals surface area contributed by atoms with Crippen LogP contribution in [0.15, 0.2) is 27.6 Å². The molecule has 0 unspecified atom stereocenters. The van der Waals surface area contributed by atoms with Gasteiger partial charge in [0.2, 0.25) is 0 Å². The van der Waals surface area contributed by atoms with Gasteiger partial charge in [-0.3, -0.25) is 4.68 Å². The fourth-order valence-corrected chi connectivity index (χ4v) is 3.80. The molecule has 2 atom stereocenters. The molecule has 6 heteroatoms. The Balaban J connectivity index is 1.66. The fraction of sp³-hybridized carbons (Fsp3) is 0.500. The van der Waals surface area contributed by atoms with Gasteiger partial charge in [0.15, 0.2) is 0 Å². The predicted octanol–water partition coefficient (Wildman–Crippen LogP) is 3.25. The molecule has 0 spiro atoms. The van der Waals surface area contributed by atoms with E-state index >= 15 is 0 Å². The molecule has 3 rings (SSSR count). The van der Waals surface area contributed by atoms with Gasteiger partial charge in [0, 0.05) is 38.0 Å². The van der Waals surface area contributed by atoms with Gasteiger partial charge in [-0.05, 0) is 45.8 Å². The number of hydrogen-bond acceptors (Lipinski definition) is 4. The number of hydrogen-bond donors (Lipinski definition) is 1. The van der Waals surface area contributed by atoms with Crippen LogP contribution >= 0.6 is 27.3 Å². The average Bonchev–Trinajstić information content (AvgIpc) is 3.06. The van der Waals surface area contributed by atoms with Crippen LogP contribution in [0.3, 0.4) is 0 Å². The predicted molar refractivity (Wildman–Crippen MR) is 83.8 cm³/mol. The summed E-state index contributed by atoms with van der Waals surface area (Å²) in [4.78, 5) is 0. The van der Waals surface area contributed by atoms with Crippen molar-refractivity contribution in [1.29, 1.82) is 0 Å². The largest absolute Gasteiger partial charge is 0.372 e. The van der Waals surface area contributed by atoms with Crippen molar-refractivity contribution in [3.8, 4) is 0 Å². The molecule has 20 heavy (non-hydrogen) atoms. The lowest BCUT2D eigenvalue weighted by Gasteiger charge is -2.32. The Labute approximate surface area is 131 Å². The van der Waals surface area contributed by atoms with Gasteiger partial charge in [-0.2, -0.15) is 5.10 Å². The van der Waals surface area contributed by atoms with Crippen LogP contribution in [-0.4, -0.2) is 22.4 Å². The maximum atomic E-state index is 5.96. The minimum atomic E-state index is 0.111. The molecule has 1 fully saturated rings. The van der Waals surface area contributed by atoms with Crippen LogP contribution in [0.5, 0.6) is 0 Å². The molecule has 4 nitrogen and oxygen atoms in total. The molecule has 1 aliphatic heterocycles. The third-order valence-electron chi connectivity index (χ3n) is 3.57. The van der Waals surface area contributed by atoms with E-state index < -0.39 is 0 Å². The van der Waals surface area contributed by atoms with E-state index in [0.29, 0.717) is 6.04 Å². The standard InChI is InChI=1S/C14H18BrN3OS/c1-18-8-11(7-17-18)14-12(3-2-4-19-14)16-6-10-5-13(15)20-9-10/h5,7-9,12,14,16H,2-4,6H2,1H3/t12-,14+/m0/s1. The molecule has 0 aromatic carbocycles. The van der Waals surface area contributed by atoms with Crippen molar-refractivity contribution >= 4 is 27.3 Å². The van der Waals surface area contributed by atoms with Crippen LogP contribution < -0.4 is 5.32 Å². The molecule has 3 heterocycles. The number of ether oxygens (including phenoxy) is 1. The van der Waals surface area contributed by atoms with Gasteiger partial charge >= 0.3 is 0 Å². The lowest BCUT2D eigenvalue weighted by molar-refractivity contribution is -0.0112. The minimum absolute atomic E-state index is 0.111. The highest BCUT2D eigenvalue weighted by Crippen LogP contribution is 2.28. The molecular formula is C14H18BrN3OS. The average molecular weight is 356 g/mol. The monoisotopic (exact) mass is 355 g/mol. The molecule has 0 aliphatic carbocycles. The quantitative estimate of drug-likeness (QED) is 0.914. The maximum Gasteiger partial charge on any atom is 0.101 e. The van der Waals surface area contributed by atoms with E-state index in [1.165, 1.54) is 9.35 Å². The van der Waals surface area contributed by atoms with E-state index in [0.717, 1.165) is 31.6 Å². The van der Waals surface area contributed by atoms with E-state index in [9.17, 15) is 0 Å². The van der Waals surface area contributed by atoms with Crippen LogP contribution in [0, 0.1) is 0 Å². The van der Waals surface area contributed by atoms with Crippen LogP contribution in [0.1, 0.15) is 30.1 Å². The smallest absolute Gasteiger partial charge is 0.101 e. The van der Waals surface area contributed by atoms with Crippen molar-refractivity contribution < 1.29 is 4.74 Å². The molecule has 0 saturated carbocycles. The summed E-state index contributed by atoms with van der Waals surface area (Å²) in [5, 5.41) is 10.1. The van der Waals surface area contributed by atoms with Crippen molar-refractivity contribution in [3.05, 3.63) is 38.8 Å². The lowest BCUT2D eigenvalue weighted by Crippen LogP contribution is -2.38.